The van der Waals surface area contributed by atoms with E-state index in [-0.39, 0.29) is 29.5 Å². The van der Waals surface area contributed by atoms with Gasteiger partial charge in [0.05, 0.1) is 79.2 Å². The van der Waals surface area contributed by atoms with Crippen LogP contribution in [0.25, 0.3) is 11.3 Å². The van der Waals surface area contributed by atoms with Crippen LogP contribution in [0.1, 0.15) is 59.0 Å². The number of nitrogens with zero attached hydrogens (tertiary/aromatic N) is 7. The predicted molar refractivity (Wildman–Crippen MR) is 223 cm³/mol. The molecule has 2 aromatic heterocycles. The summed E-state index contributed by atoms with van der Waals surface area (Å²) in [6, 6.07) is 9.24. The molecule has 3 aliphatic rings. The van der Waals surface area contributed by atoms with Crippen LogP contribution in [0.15, 0.2) is 48.8 Å². The monoisotopic (exact) mass is 863 g/mol. The van der Waals surface area contributed by atoms with Crippen molar-refractivity contribution in [2.45, 2.75) is 57.3 Å². The van der Waals surface area contributed by atoms with Gasteiger partial charge in [-0.15, -0.1) is 5.10 Å². The molecule has 5 N–H and O–H groups in total. The van der Waals surface area contributed by atoms with Gasteiger partial charge < -0.3 is 35.5 Å². The average molecular weight is 865 g/mol. The van der Waals surface area contributed by atoms with Crippen LogP contribution < -0.4 is 26.6 Å². The van der Waals surface area contributed by atoms with Gasteiger partial charge in [0.25, 0.3) is 11.8 Å². The van der Waals surface area contributed by atoms with Gasteiger partial charge in [-0.2, -0.15) is 0 Å². The van der Waals surface area contributed by atoms with Crippen molar-refractivity contribution in [3.05, 3.63) is 75.7 Å². The second kappa shape index (κ2) is 19.4. The number of halogens is 2. The first-order valence-electron chi connectivity index (χ1n) is 19.8. The molecule has 3 aliphatic heterocycles. The maximum absolute atomic E-state index is 13.2. The molecule has 2 saturated heterocycles. The minimum Gasteiger partial charge on any atom is -0.382 e. The summed E-state index contributed by atoms with van der Waals surface area (Å²) in [6.45, 7) is 7.67. The molecule has 60 heavy (non-hydrogen) atoms. The van der Waals surface area contributed by atoms with Gasteiger partial charge in [0.15, 0.2) is 5.82 Å². The van der Waals surface area contributed by atoms with Crippen molar-refractivity contribution in [1.29, 1.82) is 0 Å². The number of aromatic nitrogens is 5. The third-order valence-corrected chi connectivity index (χ3v) is 11.5. The Bertz CT molecular complexity index is 2220. The number of ether oxygens (including phenoxy) is 3. The second-order valence-electron chi connectivity index (χ2n) is 14.9. The first-order chi connectivity index (χ1) is 29.0. The van der Waals surface area contributed by atoms with E-state index < -0.39 is 29.7 Å². The molecular weight excluding hydrogens is 817 g/mol. The number of amides is 4. The molecule has 0 aliphatic carbocycles. The number of nitrogen functional groups attached to an aromatic ring is 1. The molecule has 0 radical (unpaired) electrons. The fourth-order valence-corrected chi connectivity index (χ4v) is 7.69. The topological polar surface area (TPSA) is 221 Å². The Morgan fingerprint density at radius 1 is 0.933 bits per heavy atom. The Morgan fingerprint density at radius 2 is 1.65 bits per heavy atom. The maximum atomic E-state index is 13.2. The fourth-order valence-electron chi connectivity index (χ4n) is 7.30. The first kappa shape index (κ1) is 42.9. The van der Waals surface area contributed by atoms with Crippen molar-refractivity contribution in [3.63, 3.8) is 0 Å². The summed E-state index contributed by atoms with van der Waals surface area (Å²) in [7, 11) is 0. The molecular formula is C40H47Cl2N11O7. The van der Waals surface area contributed by atoms with Crippen LogP contribution in [0.2, 0.25) is 10.0 Å². The summed E-state index contributed by atoms with van der Waals surface area (Å²) in [6.07, 6.45) is 5.59. The average Bonchev–Trinajstić information content (AvgIpc) is 3.80. The molecule has 0 bridgehead atoms. The Labute approximate surface area is 356 Å². The number of benzene rings is 2. The highest BCUT2D eigenvalue weighted by Gasteiger charge is 2.45. The lowest BCUT2D eigenvalue weighted by Gasteiger charge is -2.40. The number of carbonyl (C=O) groups is 4. The minimum absolute atomic E-state index is 0.0618. The summed E-state index contributed by atoms with van der Waals surface area (Å²) < 4.78 is 18.7. The lowest BCUT2D eigenvalue weighted by atomic mass is 9.89. The molecule has 0 saturated carbocycles. The molecule has 0 spiro atoms. The SMILES string of the molecule is CC1(NCc2cn(CCOCCOCCOCCNc3cccc4c3C(=O)N(C3CCC(=O)NC3=O)C4=O)nn2)CCN(c2cnc(-c3cccc(Cl)c3Cl)c(N)n2)CC1. The Morgan fingerprint density at radius 3 is 2.40 bits per heavy atom. The molecule has 1 atom stereocenters. The van der Waals surface area contributed by atoms with Gasteiger partial charge in [0, 0.05) is 55.6 Å². The van der Waals surface area contributed by atoms with Crippen LogP contribution in [0.4, 0.5) is 17.3 Å². The number of nitrogens with two attached hydrogens (primary N) is 1. The summed E-state index contributed by atoms with van der Waals surface area (Å²) in [5.41, 5.74) is 9.11. The van der Waals surface area contributed by atoms with E-state index in [0.29, 0.717) is 92.1 Å². The summed E-state index contributed by atoms with van der Waals surface area (Å²) in [5, 5.41) is 18.4. The van der Waals surface area contributed by atoms with Crippen molar-refractivity contribution in [1.82, 2.24) is 40.5 Å². The molecule has 7 rings (SSSR count). The largest absolute Gasteiger partial charge is 0.382 e. The molecule has 18 nitrogen and oxygen atoms in total. The Kier molecular flexibility index (Phi) is 13.9. The highest BCUT2D eigenvalue weighted by atomic mass is 35.5. The van der Waals surface area contributed by atoms with E-state index in [1.54, 1.807) is 41.2 Å². The maximum Gasteiger partial charge on any atom is 0.264 e. The van der Waals surface area contributed by atoms with E-state index in [4.69, 9.17) is 43.1 Å². The Balaban J connectivity index is 0.727. The second-order valence-corrected chi connectivity index (χ2v) is 15.7. The van der Waals surface area contributed by atoms with E-state index in [1.165, 1.54) is 0 Å². The molecule has 4 aromatic rings. The van der Waals surface area contributed by atoms with Crippen molar-refractivity contribution in [2.75, 3.05) is 75.2 Å². The number of hydrogen-bond donors (Lipinski definition) is 4. The zero-order valence-electron chi connectivity index (χ0n) is 33.1. The number of piperidine rings is 2. The standard InChI is InChI=1S/C40H47Cl2N11O7/c1-40(10-13-51(14-11-40)31-23-45-35(36(43)47-31)27-5-2-6-28(41)34(27)42)46-22-25-24-52(50-49-25)15-17-59-19-21-60-20-18-58-16-12-44-29-7-3-4-26-33(29)39(57)53(38(26)56)30-8-9-32(54)48-37(30)55/h2-7,23-24,30,44,46H,8-22H2,1H3,(H2,43,47)(H,48,54,55). The molecule has 2 fully saturated rings. The Hall–Kier alpha value is -5.24. The predicted octanol–water partition coefficient (Wildman–Crippen LogP) is 3.34. The van der Waals surface area contributed by atoms with E-state index in [9.17, 15) is 19.2 Å². The molecule has 4 amide bonds. The number of hydrogen-bond acceptors (Lipinski definition) is 15. The van der Waals surface area contributed by atoms with Gasteiger partial charge >= 0.3 is 0 Å². The third-order valence-electron chi connectivity index (χ3n) is 10.7. The number of imide groups is 2. The van der Waals surface area contributed by atoms with Crippen molar-refractivity contribution in [3.8, 4) is 11.3 Å². The lowest BCUT2D eigenvalue weighted by molar-refractivity contribution is -0.136. The van der Waals surface area contributed by atoms with Gasteiger partial charge in [-0.05, 0) is 44.4 Å². The van der Waals surface area contributed by atoms with Crippen LogP contribution in [0.5, 0.6) is 0 Å². The third kappa shape index (κ3) is 10.0. The summed E-state index contributed by atoms with van der Waals surface area (Å²) in [5.74, 6) is -1.15. The number of fused-ring (bicyclic) bond motifs is 1. The smallest absolute Gasteiger partial charge is 0.264 e. The van der Waals surface area contributed by atoms with Crippen molar-refractivity contribution in [2.24, 2.45) is 0 Å². The minimum atomic E-state index is -1.02. The molecule has 1 unspecified atom stereocenters. The van der Waals surface area contributed by atoms with Crippen molar-refractivity contribution >= 4 is 64.2 Å². The first-order valence-corrected chi connectivity index (χ1v) is 20.5. The van der Waals surface area contributed by atoms with Crippen LogP contribution in [0.3, 0.4) is 0 Å². The molecule has 5 heterocycles. The van der Waals surface area contributed by atoms with E-state index in [0.717, 1.165) is 42.3 Å². The lowest BCUT2D eigenvalue weighted by Crippen LogP contribution is -2.54. The zero-order valence-corrected chi connectivity index (χ0v) is 34.6. The van der Waals surface area contributed by atoms with Gasteiger partial charge in [-0.25, -0.2) is 14.6 Å². The number of rotatable bonds is 19. The zero-order chi connectivity index (χ0) is 42.2. The summed E-state index contributed by atoms with van der Waals surface area (Å²) in [4.78, 5) is 62.5. The molecule has 20 heteroatoms. The molecule has 318 valence electrons. The number of carbonyl (C=O) groups excluding carboxylic acids is 4. The summed E-state index contributed by atoms with van der Waals surface area (Å²) >= 11 is 12.6. The highest BCUT2D eigenvalue weighted by molar-refractivity contribution is 6.43. The normalized spacial score (nSPS) is 17.6. The molecule has 2 aromatic carbocycles. The van der Waals surface area contributed by atoms with E-state index in [1.807, 2.05) is 12.3 Å². The van der Waals surface area contributed by atoms with Crippen LogP contribution in [0, 0.1) is 0 Å². The van der Waals surface area contributed by atoms with Crippen molar-refractivity contribution < 1.29 is 33.4 Å². The fraction of sp³-hybridized carbons (Fsp3) is 0.450. The van der Waals surface area contributed by atoms with Crippen LogP contribution in [-0.2, 0) is 36.9 Å². The van der Waals surface area contributed by atoms with Gasteiger partial charge in [-0.3, -0.25) is 29.4 Å². The van der Waals surface area contributed by atoms with E-state index in [2.05, 4.69) is 48.1 Å². The number of anilines is 3. The quantitative estimate of drug-likeness (QED) is 0.0785. The van der Waals surface area contributed by atoms with E-state index >= 15 is 0 Å². The van der Waals surface area contributed by atoms with Gasteiger partial charge in [-0.1, -0.05) is 46.6 Å². The number of nitrogens with one attached hydrogen (secondary N) is 3. The van der Waals surface area contributed by atoms with Crippen LogP contribution >= 0.6 is 23.2 Å². The van der Waals surface area contributed by atoms with Gasteiger partial charge in [0.1, 0.15) is 17.6 Å². The highest BCUT2D eigenvalue weighted by Crippen LogP contribution is 2.36. The van der Waals surface area contributed by atoms with Gasteiger partial charge in [0.2, 0.25) is 11.8 Å². The van der Waals surface area contributed by atoms with Crippen LogP contribution in [-0.4, -0.2) is 124 Å².